The number of anilines is 1. The lowest BCUT2D eigenvalue weighted by molar-refractivity contribution is -0.384. The van der Waals surface area contributed by atoms with Crippen LogP contribution in [0.3, 0.4) is 0 Å². The van der Waals surface area contributed by atoms with Gasteiger partial charge in [-0.2, -0.15) is 0 Å². The standard InChI is InChI=1S/C21H21N3O5/c1-14-4-6-15(7-5-14)17-3-2-10-22(17)20(25)12-23-18-11-16(24(27)28)8-9-19(18)29-13-21(23)26/h4-9,11,17H,2-3,10,12-13H2,1H3. The summed E-state index contributed by atoms with van der Waals surface area (Å²) in [6.45, 7) is 2.28. The van der Waals surface area contributed by atoms with Crippen LogP contribution in [0.2, 0.25) is 0 Å². The zero-order valence-corrected chi connectivity index (χ0v) is 16.0. The highest BCUT2D eigenvalue weighted by Crippen LogP contribution is 2.36. The second-order valence-corrected chi connectivity index (χ2v) is 7.33. The molecule has 2 amide bonds. The molecule has 1 atom stereocenters. The predicted octanol–water partition coefficient (Wildman–Crippen LogP) is 2.99. The molecule has 1 unspecified atom stereocenters. The second kappa shape index (κ2) is 7.54. The topological polar surface area (TPSA) is 93.0 Å². The molecule has 150 valence electrons. The van der Waals surface area contributed by atoms with Crippen LogP contribution in [0.5, 0.6) is 5.75 Å². The lowest BCUT2D eigenvalue weighted by Crippen LogP contribution is -2.46. The summed E-state index contributed by atoms with van der Waals surface area (Å²) in [5.74, 6) is -0.210. The first-order valence-corrected chi connectivity index (χ1v) is 9.51. The van der Waals surface area contributed by atoms with E-state index in [1.807, 2.05) is 31.2 Å². The summed E-state index contributed by atoms with van der Waals surface area (Å²) in [5, 5.41) is 11.1. The molecule has 2 heterocycles. The first-order valence-electron chi connectivity index (χ1n) is 9.51. The third kappa shape index (κ3) is 3.65. The quantitative estimate of drug-likeness (QED) is 0.586. The maximum absolute atomic E-state index is 13.1. The number of nitro groups is 1. The van der Waals surface area contributed by atoms with E-state index in [1.54, 1.807) is 4.90 Å². The summed E-state index contributed by atoms with van der Waals surface area (Å²) >= 11 is 0. The minimum absolute atomic E-state index is 0.0242. The summed E-state index contributed by atoms with van der Waals surface area (Å²) in [6, 6.07) is 12.2. The average Bonchev–Trinajstić information content (AvgIpc) is 3.20. The van der Waals surface area contributed by atoms with E-state index in [2.05, 4.69) is 0 Å². The van der Waals surface area contributed by atoms with Crippen molar-refractivity contribution in [2.45, 2.75) is 25.8 Å². The van der Waals surface area contributed by atoms with Crippen LogP contribution in [0.25, 0.3) is 0 Å². The van der Waals surface area contributed by atoms with Crippen LogP contribution in [0.1, 0.15) is 30.0 Å². The second-order valence-electron chi connectivity index (χ2n) is 7.33. The molecule has 4 rings (SSSR count). The Bertz CT molecular complexity index is 973. The van der Waals surface area contributed by atoms with E-state index in [0.29, 0.717) is 12.3 Å². The molecule has 0 aliphatic carbocycles. The van der Waals surface area contributed by atoms with Gasteiger partial charge in [-0.25, -0.2) is 0 Å². The number of amides is 2. The fraction of sp³-hybridized carbons (Fsp3) is 0.333. The van der Waals surface area contributed by atoms with E-state index in [9.17, 15) is 19.7 Å². The highest BCUT2D eigenvalue weighted by atomic mass is 16.6. The maximum atomic E-state index is 13.1. The molecule has 2 aromatic rings. The van der Waals surface area contributed by atoms with E-state index in [0.717, 1.165) is 24.0 Å². The third-order valence-electron chi connectivity index (χ3n) is 5.42. The third-order valence-corrected chi connectivity index (χ3v) is 5.42. The molecular weight excluding hydrogens is 374 g/mol. The lowest BCUT2D eigenvalue weighted by atomic mass is 10.0. The Labute approximate surface area is 167 Å². The number of non-ortho nitro benzene ring substituents is 1. The molecule has 0 spiro atoms. The lowest BCUT2D eigenvalue weighted by Gasteiger charge is -2.32. The number of benzene rings is 2. The van der Waals surface area contributed by atoms with Crippen molar-refractivity contribution in [2.75, 3.05) is 24.6 Å². The summed E-state index contributed by atoms with van der Waals surface area (Å²) in [4.78, 5) is 39.2. The Morgan fingerprint density at radius 3 is 2.72 bits per heavy atom. The van der Waals surface area contributed by atoms with Crippen molar-refractivity contribution >= 4 is 23.2 Å². The number of carbonyl (C=O) groups excluding carboxylic acids is 2. The molecule has 2 aliphatic heterocycles. The monoisotopic (exact) mass is 395 g/mol. The van der Waals surface area contributed by atoms with Crippen LogP contribution in [0.15, 0.2) is 42.5 Å². The van der Waals surface area contributed by atoms with Crippen molar-refractivity contribution in [2.24, 2.45) is 0 Å². The molecule has 2 aromatic carbocycles. The minimum atomic E-state index is -0.534. The fourth-order valence-corrected chi connectivity index (χ4v) is 3.90. The summed E-state index contributed by atoms with van der Waals surface area (Å²) in [5.41, 5.74) is 2.33. The van der Waals surface area contributed by atoms with Gasteiger partial charge >= 0.3 is 0 Å². The fourth-order valence-electron chi connectivity index (χ4n) is 3.90. The van der Waals surface area contributed by atoms with Crippen molar-refractivity contribution in [1.82, 2.24) is 4.90 Å². The average molecular weight is 395 g/mol. The number of rotatable bonds is 4. The van der Waals surface area contributed by atoms with Crippen LogP contribution in [-0.2, 0) is 9.59 Å². The van der Waals surface area contributed by atoms with Gasteiger partial charge in [-0.1, -0.05) is 29.8 Å². The largest absolute Gasteiger partial charge is 0.482 e. The number of fused-ring (bicyclic) bond motifs is 1. The normalized spacial score (nSPS) is 18.4. The van der Waals surface area contributed by atoms with Crippen molar-refractivity contribution in [3.8, 4) is 5.75 Å². The first kappa shape index (κ1) is 18.9. The van der Waals surface area contributed by atoms with Gasteiger partial charge in [0, 0.05) is 18.7 Å². The Kier molecular flexibility index (Phi) is 4.92. The van der Waals surface area contributed by atoms with Gasteiger partial charge in [0.15, 0.2) is 6.61 Å². The number of carbonyl (C=O) groups is 2. The number of ether oxygens (including phenoxy) is 1. The number of likely N-dealkylation sites (tertiary alicyclic amines) is 1. The van der Waals surface area contributed by atoms with Crippen LogP contribution in [0.4, 0.5) is 11.4 Å². The van der Waals surface area contributed by atoms with E-state index >= 15 is 0 Å². The molecule has 8 heteroatoms. The molecule has 29 heavy (non-hydrogen) atoms. The molecule has 1 fully saturated rings. The van der Waals surface area contributed by atoms with E-state index in [4.69, 9.17) is 4.74 Å². The number of nitro benzene ring substituents is 1. The van der Waals surface area contributed by atoms with Crippen molar-refractivity contribution in [1.29, 1.82) is 0 Å². The summed E-state index contributed by atoms with van der Waals surface area (Å²) in [6.07, 6.45) is 1.76. The van der Waals surface area contributed by atoms with Gasteiger partial charge in [0.05, 0.1) is 16.7 Å². The smallest absolute Gasteiger partial charge is 0.271 e. The van der Waals surface area contributed by atoms with Gasteiger partial charge in [-0.05, 0) is 31.4 Å². The van der Waals surface area contributed by atoms with Crippen LogP contribution < -0.4 is 9.64 Å². The van der Waals surface area contributed by atoms with Crippen molar-refractivity contribution < 1.29 is 19.2 Å². The molecule has 8 nitrogen and oxygen atoms in total. The van der Waals surface area contributed by atoms with Gasteiger partial charge in [0.2, 0.25) is 5.91 Å². The molecule has 0 saturated carbocycles. The Hall–Kier alpha value is -3.42. The molecule has 2 aliphatic rings. The number of hydrogen-bond donors (Lipinski definition) is 0. The van der Waals surface area contributed by atoms with Gasteiger partial charge in [0.1, 0.15) is 12.3 Å². The van der Waals surface area contributed by atoms with Crippen LogP contribution in [0, 0.1) is 17.0 Å². The summed E-state index contributed by atoms with van der Waals surface area (Å²) in [7, 11) is 0. The van der Waals surface area contributed by atoms with Gasteiger partial charge < -0.3 is 9.64 Å². The summed E-state index contributed by atoms with van der Waals surface area (Å²) < 4.78 is 5.37. The van der Waals surface area contributed by atoms with Gasteiger partial charge in [0.25, 0.3) is 11.6 Å². The Morgan fingerprint density at radius 2 is 2.00 bits per heavy atom. The van der Waals surface area contributed by atoms with Gasteiger partial charge in [-0.15, -0.1) is 0 Å². The highest BCUT2D eigenvalue weighted by Gasteiger charge is 2.34. The molecule has 1 saturated heterocycles. The Balaban J connectivity index is 1.58. The molecule has 0 aromatic heterocycles. The van der Waals surface area contributed by atoms with E-state index in [-0.39, 0.29) is 36.5 Å². The van der Waals surface area contributed by atoms with Gasteiger partial charge in [-0.3, -0.25) is 24.6 Å². The van der Waals surface area contributed by atoms with Crippen LogP contribution >= 0.6 is 0 Å². The Morgan fingerprint density at radius 1 is 1.24 bits per heavy atom. The van der Waals surface area contributed by atoms with E-state index < -0.39 is 10.8 Å². The predicted molar refractivity (Wildman–Crippen MR) is 106 cm³/mol. The number of nitrogens with zero attached hydrogens (tertiary/aromatic N) is 3. The van der Waals surface area contributed by atoms with E-state index in [1.165, 1.54) is 23.1 Å². The zero-order valence-electron chi connectivity index (χ0n) is 16.0. The number of hydrogen-bond acceptors (Lipinski definition) is 5. The maximum Gasteiger partial charge on any atom is 0.271 e. The van der Waals surface area contributed by atoms with Crippen LogP contribution in [-0.4, -0.2) is 41.3 Å². The van der Waals surface area contributed by atoms with Crippen molar-refractivity contribution in [3.63, 3.8) is 0 Å². The molecule has 0 radical (unpaired) electrons. The van der Waals surface area contributed by atoms with Crippen molar-refractivity contribution in [3.05, 3.63) is 63.7 Å². The first-order chi connectivity index (χ1) is 13.9. The molecular formula is C21H21N3O5. The minimum Gasteiger partial charge on any atom is -0.482 e. The molecule has 0 N–H and O–H groups in total. The SMILES string of the molecule is Cc1ccc(C2CCCN2C(=O)CN2C(=O)COc3ccc([N+](=O)[O-])cc32)cc1. The molecule has 0 bridgehead atoms. The number of aryl methyl sites for hydroxylation is 1. The zero-order chi connectivity index (χ0) is 20.5. The highest BCUT2D eigenvalue weighted by molar-refractivity contribution is 6.02.